The number of benzene rings is 2. The highest BCUT2D eigenvalue weighted by Gasteiger charge is 2.41. The van der Waals surface area contributed by atoms with E-state index in [1.807, 2.05) is 29.5 Å². The molecule has 0 saturated heterocycles. The second-order valence-electron chi connectivity index (χ2n) is 10.2. The maximum Gasteiger partial charge on any atom is 0.289 e. The predicted octanol–water partition coefficient (Wildman–Crippen LogP) is 3.35. The average Bonchev–Trinajstić information content (AvgIpc) is 3.50. The van der Waals surface area contributed by atoms with Crippen LogP contribution >= 0.6 is 22.6 Å². The summed E-state index contributed by atoms with van der Waals surface area (Å²) in [4.78, 5) is 40.2. The Labute approximate surface area is 274 Å². The van der Waals surface area contributed by atoms with E-state index in [2.05, 4.69) is 5.32 Å². The van der Waals surface area contributed by atoms with Gasteiger partial charge in [0.1, 0.15) is 18.5 Å². The van der Waals surface area contributed by atoms with Crippen LogP contribution in [0.4, 0.5) is 0 Å². The van der Waals surface area contributed by atoms with Crippen molar-refractivity contribution in [3.8, 4) is 17.2 Å². The lowest BCUT2D eigenvalue weighted by atomic mass is 9.88. The molecule has 1 aliphatic carbocycles. The summed E-state index contributed by atoms with van der Waals surface area (Å²) in [5.74, 6) is 0.0691. The summed E-state index contributed by atoms with van der Waals surface area (Å²) < 4.78 is 29.2. The quantitative estimate of drug-likeness (QED) is 0.120. The van der Waals surface area contributed by atoms with Gasteiger partial charge in [-0.05, 0) is 66.3 Å². The van der Waals surface area contributed by atoms with Crippen molar-refractivity contribution in [2.75, 3.05) is 47.1 Å². The van der Waals surface area contributed by atoms with Gasteiger partial charge in [0.15, 0.2) is 28.6 Å². The zero-order valence-electron chi connectivity index (χ0n) is 25.3. The number of para-hydroxylation sites is 1. The number of ether oxygens (including phenoxy) is 4. The SMILES string of the molecule is CCOCCCN(C(=O)c1cc2cccc(OC)c2o1)[C@@H]1CC(C(=O)NCCO)=C[C@H](Oc2c(I)cc(C=O)cc2OC)[C@H]1O. The van der Waals surface area contributed by atoms with Crippen LogP contribution in [0.15, 0.2) is 52.5 Å². The molecule has 2 aromatic carbocycles. The molecule has 12 nitrogen and oxygen atoms in total. The van der Waals surface area contributed by atoms with Crippen LogP contribution in [0.25, 0.3) is 11.0 Å². The van der Waals surface area contributed by atoms with Crippen molar-refractivity contribution < 1.29 is 48.0 Å². The monoisotopic (exact) mass is 736 g/mol. The molecule has 45 heavy (non-hydrogen) atoms. The van der Waals surface area contributed by atoms with Crippen LogP contribution < -0.4 is 19.5 Å². The summed E-state index contributed by atoms with van der Waals surface area (Å²) in [6.07, 6.45) is 0.253. The van der Waals surface area contributed by atoms with Crippen LogP contribution in [-0.2, 0) is 9.53 Å². The van der Waals surface area contributed by atoms with E-state index >= 15 is 0 Å². The van der Waals surface area contributed by atoms with Gasteiger partial charge in [-0.1, -0.05) is 12.1 Å². The molecule has 2 amide bonds. The Morgan fingerprint density at radius 2 is 1.96 bits per heavy atom. The Morgan fingerprint density at radius 1 is 1.18 bits per heavy atom. The summed E-state index contributed by atoms with van der Waals surface area (Å²) in [5.41, 5.74) is 1.04. The van der Waals surface area contributed by atoms with E-state index in [0.29, 0.717) is 51.8 Å². The minimum absolute atomic E-state index is 0.000516. The zero-order chi connectivity index (χ0) is 32.5. The summed E-state index contributed by atoms with van der Waals surface area (Å²) in [6, 6.07) is 9.13. The lowest BCUT2D eigenvalue weighted by Gasteiger charge is -2.40. The topological polar surface area (TPSA) is 157 Å². The van der Waals surface area contributed by atoms with Crippen molar-refractivity contribution in [1.82, 2.24) is 10.2 Å². The number of carbonyl (C=O) groups is 3. The number of nitrogens with one attached hydrogen (secondary N) is 1. The number of methoxy groups -OCH3 is 2. The molecule has 0 fully saturated rings. The van der Waals surface area contributed by atoms with Gasteiger partial charge in [-0.2, -0.15) is 0 Å². The second-order valence-corrected chi connectivity index (χ2v) is 11.4. The smallest absolute Gasteiger partial charge is 0.289 e. The Balaban J connectivity index is 1.75. The van der Waals surface area contributed by atoms with Crippen molar-refractivity contribution in [1.29, 1.82) is 0 Å². The van der Waals surface area contributed by atoms with Gasteiger partial charge in [0, 0.05) is 49.2 Å². The summed E-state index contributed by atoms with van der Waals surface area (Å²) >= 11 is 2.00. The fraction of sp³-hybridized carbons (Fsp3) is 0.406. The molecule has 0 spiro atoms. The van der Waals surface area contributed by atoms with Gasteiger partial charge in [0.25, 0.3) is 5.91 Å². The third-order valence-electron chi connectivity index (χ3n) is 7.35. The molecule has 1 heterocycles. The van der Waals surface area contributed by atoms with E-state index in [1.165, 1.54) is 31.3 Å². The van der Waals surface area contributed by atoms with E-state index in [-0.39, 0.29) is 48.9 Å². The number of amides is 2. The van der Waals surface area contributed by atoms with E-state index in [4.69, 9.17) is 23.4 Å². The number of halogens is 1. The van der Waals surface area contributed by atoms with Crippen LogP contribution in [0.5, 0.6) is 17.2 Å². The molecule has 1 aromatic heterocycles. The molecule has 3 N–H and O–H groups in total. The molecule has 3 atom stereocenters. The Kier molecular flexibility index (Phi) is 12.2. The fourth-order valence-corrected chi connectivity index (χ4v) is 5.93. The highest BCUT2D eigenvalue weighted by molar-refractivity contribution is 14.1. The van der Waals surface area contributed by atoms with E-state index in [1.54, 1.807) is 30.3 Å². The predicted molar refractivity (Wildman–Crippen MR) is 173 cm³/mol. The number of nitrogens with zero attached hydrogens (tertiary/aromatic N) is 1. The van der Waals surface area contributed by atoms with Gasteiger partial charge in [-0.3, -0.25) is 14.4 Å². The molecule has 0 saturated carbocycles. The minimum atomic E-state index is -1.29. The highest BCUT2D eigenvalue weighted by Crippen LogP contribution is 2.37. The van der Waals surface area contributed by atoms with Crippen molar-refractivity contribution in [2.24, 2.45) is 0 Å². The molecule has 0 bridgehead atoms. The van der Waals surface area contributed by atoms with Gasteiger partial charge in [-0.15, -0.1) is 0 Å². The van der Waals surface area contributed by atoms with E-state index in [0.717, 1.165) is 0 Å². The first-order valence-electron chi connectivity index (χ1n) is 14.5. The maximum absolute atomic E-state index is 14.2. The van der Waals surface area contributed by atoms with Crippen LogP contribution in [0.2, 0.25) is 0 Å². The molecule has 4 rings (SSSR count). The van der Waals surface area contributed by atoms with Crippen molar-refractivity contribution in [3.05, 3.63) is 62.9 Å². The first-order valence-corrected chi connectivity index (χ1v) is 15.6. The fourth-order valence-electron chi connectivity index (χ4n) is 5.18. The number of carbonyl (C=O) groups excluding carboxylic acids is 3. The molecule has 1 aliphatic rings. The zero-order valence-corrected chi connectivity index (χ0v) is 27.4. The normalized spacial score (nSPS) is 17.8. The third-order valence-corrected chi connectivity index (χ3v) is 8.15. The number of furan rings is 1. The van der Waals surface area contributed by atoms with Crippen molar-refractivity contribution in [2.45, 2.75) is 38.0 Å². The lowest BCUT2D eigenvalue weighted by Crippen LogP contribution is -2.55. The molecule has 0 aliphatic heterocycles. The number of rotatable bonds is 15. The van der Waals surface area contributed by atoms with Gasteiger partial charge >= 0.3 is 0 Å². The number of hydrogen-bond donors (Lipinski definition) is 3. The first-order chi connectivity index (χ1) is 21.8. The Morgan fingerprint density at radius 3 is 2.64 bits per heavy atom. The molecule has 13 heteroatoms. The highest BCUT2D eigenvalue weighted by atomic mass is 127. The number of fused-ring (bicyclic) bond motifs is 1. The van der Waals surface area contributed by atoms with Crippen LogP contribution in [0.1, 0.15) is 40.7 Å². The van der Waals surface area contributed by atoms with Gasteiger partial charge in [0.2, 0.25) is 5.91 Å². The molecule has 3 aromatic rings. The minimum Gasteiger partial charge on any atom is -0.493 e. The maximum atomic E-state index is 14.2. The van der Waals surface area contributed by atoms with Gasteiger partial charge in [-0.25, -0.2) is 0 Å². The number of aliphatic hydroxyl groups excluding tert-OH is 2. The largest absolute Gasteiger partial charge is 0.493 e. The number of aldehydes is 1. The van der Waals surface area contributed by atoms with Gasteiger partial charge < -0.3 is 43.8 Å². The molecule has 0 unspecified atom stereocenters. The standard InChI is InChI=1S/C32H37IN2O10/c1-4-43-12-6-10-35(32(40)27-16-20-7-5-8-24(41-2)29(20)45-27)23-15-21(31(39)34-9-11-36)17-25(28(23)38)44-30-22(33)13-19(18-37)14-26(30)42-3/h5,7-8,13-14,16-18,23,25,28,36,38H,4,6,9-12,15H2,1-3H3,(H,34,39)/t23-,25+,28+/m1/s1. The molecule has 0 radical (unpaired) electrons. The average molecular weight is 737 g/mol. The van der Waals surface area contributed by atoms with Gasteiger partial charge in [0.05, 0.1) is 30.4 Å². The number of hydrogen-bond acceptors (Lipinski definition) is 10. The van der Waals surface area contributed by atoms with E-state index in [9.17, 15) is 24.6 Å². The van der Waals surface area contributed by atoms with Crippen LogP contribution in [0, 0.1) is 3.57 Å². The summed E-state index contributed by atoms with van der Waals surface area (Å²) in [6.45, 7) is 2.68. The molecule has 242 valence electrons. The molecular weight excluding hydrogens is 699 g/mol. The van der Waals surface area contributed by atoms with Crippen molar-refractivity contribution in [3.63, 3.8) is 0 Å². The van der Waals surface area contributed by atoms with E-state index < -0.39 is 30.1 Å². The Bertz CT molecular complexity index is 1540. The van der Waals surface area contributed by atoms with Crippen LogP contribution in [0.3, 0.4) is 0 Å². The Hall–Kier alpha value is -3.66. The lowest BCUT2D eigenvalue weighted by molar-refractivity contribution is -0.118. The third kappa shape index (κ3) is 7.95. The first kappa shape index (κ1) is 34.2. The van der Waals surface area contributed by atoms with Crippen LogP contribution in [-0.4, -0.2) is 98.6 Å². The second kappa shape index (κ2) is 16.1. The van der Waals surface area contributed by atoms with Crippen molar-refractivity contribution >= 4 is 51.7 Å². The summed E-state index contributed by atoms with van der Waals surface area (Å²) in [7, 11) is 2.94. The number of aliphatic hydroxyl groups is 2. The summed E-state index contributed by atoms with van der Waals surface area (Å²) in [5, 5.41) is 24.4. The molecular formula is C32H37IN2O10.